The van der Waals surface area contributed by atoms with Gasteiger partial charge in [0.2, 0.25) is 5.91 Å². The average Bonchev–Trinajstić information content (AvgIpc) is 2.74. The van der Waals surface area contributed by atoms with Crippen LogP contribution in [0.15, 0.2) is 66.7 Å². The van der Waals surface area contributed by atoms with Crippen molar-refractivity contribution >= 4 is 23.3 Å². The van der Waals surface area contributed by atoms with Gasteiger partial charge < -0.3 is 11.5 Å². The first-order valence-electron chi connectivity index (χ1n) is 8.78. The minimum atomic E-state index is -4.72. The third kappa shape index (κ3) is 4.47. The van der Waals surface area contributed by atoms with E-state index < -0.39 is 23.7 Å². The Labute approximate surface area is 169 Å². The normalized spacial score (nSPS) is 11.2. The molecule has 2 amide bonds. The second kappa shape index (κ2) is 8.34. The second-order valence-electron chi connectivity index (χ2n) is 6.34. The first kappa shape index (κ1) is 21.0. The molecule has 154 valence electrons. The van der Waals surface area contributed by atoms with Crippen molar-refractivity contribution in [3.05, 3.63) is 89.1 Å². The Kier molecular flexibility index (Phi) is 5.84. The van der Waals surface area contributed by atoms with Gasteiger partial charge >= 0.3 is 6.18 Å². The van der Waals surface area contributed by atoms with E-state index in [4.69, 9.17) is 11.5 Å². The predicted octanol–water partition coefficient (Wildman–Crippen LogP) is 3.64. The van der Waals surface area contributed by atoms with E-state index in [0.29, 0.717) is 5.69 Å². The number of anilines is 2. The summed E-state index contributed by atoms with van der Waals surface area (Å²) in [4.78, 5) is 29.5. The molecule has 0 saturated heterocycles. The quantitative estimate of drug-likeness (QED) is 0.665. The summed E-state index contributed by atoms with van der Waals surface area (Å²) in [6.07, 6.45) is -4.72. The third-order valence-corrected chi connectivity index (χ3v) is 4.24. The number of carbonyl (C=O) groups is 2. The monoisotopic (exact) mass is 414 g/mol. The Bertz CT molecular complexity index is 1090. The summed E-state index contributed by atoms with van der Waals surface area (Å²) < 4.78 is 40.1. The molecular formula is C21H17F3N4O2. The molecule has 3 rings (SSSR count). The molecule has 0 saturated carbocycles. The van der Waals surface area contributed by atoms with E-state index in [2.05, 4.69) is 4.98 Å². The first-order valence-corrected chi connectivity index (χ1v) is 8.78. The molecule has 4 N–H and O–H groups in total. The second-order valence-corrected chi connectivity index (χ2v) is 6.34. The van der Waals surface area contributed by atoms with Gasteiger partial charge in [-0.05, 0) is 48.0 Å². The van der Waals surface area contributed by atoms with Gasteiger partial charge in [-0.25, -0.2) is 4.98 Å². The van der Waals surface area contributed by atoms with Crippen LogP contribution in [0.1, 0.15) is 32.0 Å². The van der Waals surface area contributed by atoms with Crippen molar-refractivity contribution in [2.45, 2.75) is 12.7 Å². The molecule has 0 unspecified atom stereocenters. The number of primary amides is 1. The molecule has 1 aromatic heterocycles. The van der Waals surface area contributed by atoms with Gasteiger partial charge in [0.1, 0.15) is 11.5 Å². The topological polar surface area (TPSA) is 102 Å². The lowest BCUT2D eigenvalue weighted by molar-refractivity contribution is -0.141. The summed E-state index contributed by atoms with van der Waals surface area (Å²) in [5.41, 5.74) is 10.3. The Hall–Kier alpha value is -3.72. The number of hydrogen-bond donors (Lipinski definition) is 2. The summed E-state index contributed by atoms with van der Waals surface area (Å²) in [7, 11) is 0. The van der Waals surface area contributed by atoms with Crippen molar-refractivity contribution in [2.24, 2.45) is 11.5 Å². The van der Waals surface area contributed by atoms with Crippen LogP contribution in [0.4, 0.5) is 24.7 Å². The molecule has 0 fully saturated rings. The fourth-order valence-electron chi connectivity index (χ4n) is 2.81. The van der Waals surface area contributed by atoms with Crippen LogP contribution in [-0.4, -0.2) is 16.8 Å². The summed E-state index contributed by atoms with van der Waals surface area (Å²) in [5.74, 6) is -1.66. The van der Waals surface area contributed by atoms with E-state index in [1.165, 1.54) is 30.3 Å². The summed E-state index contributed by atoms with van der Waals surface area (Å²) in [6.45, 7) is -0.174. The van der Waals surface area contributed by atoms with Crippen LogP contribution in [0.2, 0.25) is 0 Å². The highest BCUT2D eigenvalue weighted by Gasteiger charge is 2.34. The summed E-state index contributed by atoms with van der Waals surface area (Å²) >= 11 is 0. The minimum absolute atomic E-state index is 0.0589. The average molecular weight is 414 g/mol. The van der Waals surface area contributed by atoms with Gasteiger partial charge in [0.25, 0.3) is 5.91 Å². The van der Waals surface area contributed by atoms with Gasteiger partial charge in [0.05, 0.1) is 5.69 Å². The smallest absolute Gasteiger partial charge is 0.366 e. The molecule has 0 atom stereocenters. The molecule has 3 aromatic rings. The van der Waals surface area contributed by atoms with E-state index in [0.717, 1.165) is 11.0 Å². The van der Waals surface area contributed by atoms with Crippen LogP contribution >= 0.6 is 0 Å². The number of pyridine rings is 1. The lowest BCUT2D eigenvalue weighted by Crippen LogP contribution is -2.28. The zero-order valence-corrected chi connectivity index (χ0v) is 15.6. The number of rotatable bonds is 5. The predicted molar refractivity (Wildman–Crippen MR) is 105 cm³/mol. The van der Waals surface area contributed by atoms with E-state index in [1.807, 2.05) is 0 Å². The summed E-state index contributed by atoms with van der Waals surface area (Å²) in [5, 5.41) is 0. The van der Waals surface area contributed by atoms with Crippen molar-refractivity contribution < 1.29 is 22.8 Å². The number of hydrogen-bond acceptors (Lipinski definition) is 4. The maximum absolute atomic E-state index is 13.4. The minimum Gasteiger partial charge on any atom is -0.366 e. The number of nitrogens with two attached hydrogens (primary N) is 2. The van der Waals surface area contributed by atoms with E-state index in [9.17, 15) is 22.8 Å². The van der Waals surface area contributed by atoms with Gasteiger partial charge in [0.15, 0.2) is 0 Å². The highest BCUT2D eigenvalue weighted by molar-refractivity contribution is 6.11. The van der Waals surface area contributed by atoms with E-state index in [1.54, 1.807) is 30.3 Å². The molecule has 0 aliphatic carbocycles. The molecule has 6 nitrogen and oxygen atoms in total. The van der Waals surface area contributed by atoms with E-state index in [-0.39, 0.29) is 29.1 Å². The van der Waals surface area contributed by atoms with Crippen molar-refractivity contribution in [3.8, 4) is 0 Å². The molecule has 2 aromatic carbocycles. The number of amides is 2. The van der Waals surface area contributed by atoms with Gasteiger partial charge in [-0.1, -0.05) is 24.3 Å². The number of alkyl halides is 3. The number of para-hydroxylation sites is 1. The fourth-order valence-corrected chi connectivity index (χ4v) is 2.81. The molecule has 0 bridgehead atoms. The third-order valence-electron chi connectivity index (χ3n) is 4.24. The molecule has 1 heterocycles. The zero-order chi connectivity index (χ0) is 21.9. The zero-order valence-electron chi connectivity index (χ0n) is 15.6. The van der Waals surface area contributed by atoms with Crippen molar-refractivity contribution in [3.63, 3.8) is 0 Å². The van der Waals surface area contributed by atoms with Gasteiger partial charge in [-0.2, -0.15) is 13.2 Å². The van der Waals surface area contributed by atoms with Crippen LogP contribution < -0.4 is 16.4 Å². The molecule has 9 heteroatoms. The van der Waals surface area contributed by atoms with Gasteiger partial charge in [0, 0.05) is 17.7 Å². The Morgan fingerprint density at radius 2 is 1.60 bits per heavy atom. The van der Waals surface area contributed by atoms with Gasteiger partial charge in [-0.15, -0.1) is 0 Å². The Morgan fingerprint density at radius 3 is 2.20 bits per heavy atom. The van der Waals surface area contributed by atoms with Crippen LogP contribution in [0.25, 0.3) is 0 Å². The largest absolute Gasteiger partial charge is 0.433 e. The van der Waals surface area contributed by atoms with Crippen LogP contribution in [0.5, 0.6) is 0 Å². The molecule has 0 aliphatic heterocycles. The summed E-state index contributed by atoms with van der Waals surface area (Å²) in [6, 6.07) is 15.8. The molecule has 0 aliphatic rings. The maximum atomic E-state index is 13.4. The first-order chi connectivity index (χ1) is 14.2. The molecule has 0 radical (unpaired) electrons. The highest BCUT2D eigenvalue weighted by atomic mass is 19.4. The SMILES string of the molecule is NCc1cc(N(C(=O)c2cccc(C(N)=O)c2)c2ccccc2)nc(C(F)(F)F)c1. The lowest BCUT2D eigenvalue weighted by atomic mass is 10.1. The van der Waals surface area contributed by atoms with Crippen molar-refractivity contribution in [2.75, 3.05) is 4.90 Å². The van der Waals surface area contributed by atoms with Gasteiger partial charge in [-0.3, -0.25) is 14.5 Å². The fraction of sp³-hybridized carbons (Fsp3) is 0.0952. The lowest BCUT2D eigenvalue weighted by Gasteiger charge is -2.24. The maximum Gasteiger partial charge on any atom is 0.433 e. The van der Waals surface area contributed by atoms with Crippen LogP contribution in [-0.2, 0) is 12.7 Å². The Morgan fingerprint density at radius 1 is 0.933 bits per heavy atom. The number of benzene rings is 2. The standard InChI is InChI=1S/C21H17F3N4O2/c22-21(23,24)17-9-13(12-25)10-18(27-17)28(16-7-2-1-3-8-16)20(30)15-6-4-5-14(11-15)19(26)29/h1-11H,12,25H2,(H2,26,29). The van der Waals surface area contributed by atoms with Crippen LogP contribution in [0, 0.1) is 0 Å². The van der Waals surface area contributed by atoms with E-state index >= 15 is 0 Å². The number of halogens is 3. The van der Waals surface area contributed by atoms with Crippen molar-refractivity contribution in [1.82, 2.24) is 4.98 Å². The molecule has 0 spiro atoms. The highest BCUT2D eigenvalue weighted by Crippen LogP contribution is 2.33. The number of carbonyl (C=O) groups excluding carboxylic acids is 2. The molecular weight excluding hydrogens is 397 g/mol. The molecule has 30 heavy (non-hydrogen) atoms. The van der Waals surface area contributed by atoms with Crippen molar-refractivity contribution in [1.29, 1.82) is 0 Å². The number of nitrogens with zero attached hydrogens (tertiary/aromatic N) is 2. The van der Waals surface area contributed by atoms with Crippen LogP contribution in [0.3, 0.4) is 0 Å². The Balaban J connectivity index is 2.19. The number of aromatic nitrogens is 1.